The molecule has 3 nitrogen and oxygen atoms in total. The van der Waals surface area contributed by atoms with Crippen LogP contribution in [0.3, 0.4) is 0 Å². The number of fused-ring (bicyclic) bond motifs is 1. The number of hydrogen-bond donors (Lipinski definition) is 1. The van der Waals surface area contributed by atoms with E-state index in [1.807, 2.05) is 12.1 Å². The molecule has 2 aromatic heterocycles. The van der Waals surface area contributed by atoms with Crippen molar-refractivity contribution in [2.75, 3.05) is 7.11 Å². The number of imidazole rings is 1. The van der Waals surface area contributed by atoms with E-state index in [1.165, 1.54) is 4.88 Å². The zero-order valence-corrected chi connectivity index (χ0v) is 13.9. The second-order valence-corrected chi connectivity index (χ2v) is 6.75. The number of aromatic amines is 1. The van der Waals surface area contributed by atoms with Gasteiger partial charge in [-0.2, -0.15) is 0 Å². The molecule has 5 heteroatoms. The predicted octanol–water partition coefficient (Wildman–Crippen LogP) is 5.01. The van der Waals surface area contributed by atoms with Gasteiger partial charge in [-0.15, -0.1) is 11.3 Å². The Kier molecular flexibility index (Phi) is 3.87. The van der Waals surface area contributed by atoms with Crippen molar-refractivity contribution in [2.45, 2.75) is 19.9 Å². The Labute approximate surface area is 133 Å². The largest absolute Gasteiger partial charge is 0.497 e. The van der Waals surface area contributed by atoms with Crippen molar-refractivity contribution >= 4 is 34.6 Å². The van der Waals surface area contributed by atoms with Crippen LogP contribution in [0.4, 0.5) is 0 Å². The summed E-state index contributed by atoms with van der Waals surface area (Å²) in [6, 6.07) is 10.6. The quantitative estimate of drug-likeness (QED) is 0.685. The molecule has 0 spiro atoms. The number of thiophene rings is 1. The zero-order valence-electron chi connectivity index (χ0n) is 12.3. The molecule has 0 fully saturated rings. The van der Waals surface area contributed by atoms with Gasteiger partial charge in [0.15, 0.2) is 4.77 Å². The molecule has 2 heterocycles. The van der Waals surface area contributed by atoms with Crippen molar-refractivity contribution in [1.82, 2.24) is 9.55 Å². The normalized spacial score (nSPS) is 13.0. The smallest absolute Gasteiger partial charge is 0.178 e. The number of benzene rings is 1. The van der Waals surface area contributed by atoms with Crippen LogP contribution in [0.5, 0.6) is 5.75 Å². The molecule has 0 aliphatic carbocycles. The average Bonchev–Trinajstić information content (AvgIpc) is 3.07. The highest BCUT2D eigenvalue weighted by Gasteiger charge is 2.22. The van der Waals surface area contributed by atoms with E-state index in [0.29, 0.717) is 5.92 Å². The third kappa shape index (κ3) is 2.51. The summed E-state index contributed by atoms with van der Waals surface area (Å²) in [6.45, 7) is 4.46. The molecule has 0 saturated carbocycles. The van der Waals surface area contributed by atoms with Gasteiger partial charge in [0.25, 0.3) is 0 Å². The summed E-state index contributed by atoms with van der Waals surface area (Å²) in [5.41, 5.74) is 2.13. The molecule has 0 aliphatic heterocycles. The van der Waals surface area contributed by atoms with Crippen LogP contribution in [0.2, 0.25) is 0 Å². The number of hydrogen-bond acceptors (Lipinski definition) is 3. The van der Waals surface area contributed by atoms with Crippen LogP contribution in [0.25, 0.3) is 11.0 Å². The number of H-pyrrole nitrogens is 1. The van der Waals surface area contributed by atoms with Crippen LogP contribution in [-0.2, 0) is 0 Å². The molecule has 21 heavy (non-hydrogen) atoms. The molecular formula is C16H18N2OS2. The van der Waals surface area contributed by atoms with Crippen molar-refractivity contribution in [2.24, 2.45) is 5.92 Å². The molecule has 0 amide bonds. The number of nitrogens with one attached hydrogen (secondary N) is 1. The topological polar surface area (TPSA) is 29.9 Å². The summed E-state index contributed by atoms with van der Waals surface area (Å²) in [7, 11) is 1.68. The highest BCUT2D eigenvalue weighted by Crippen LogP contribution is 2.33. The lowest BCUT2D eigenvalue weighted by molar-refractivity contribution is 0.415. The van der Waals surface area contributed by atoms with Crippen LogP contribution in [0.15, 0.2) is 35.7 Å². The fraction of sp³-hybridized carbons (Fsp3) is 0.312. The fourth-order valence-electron chi connectivity index (χ4n) is 2.73. The van der Waals surface area contributed by atoms with Gasteiger partial charge in [-0.3, -0.25) is 0 Å². The van der Waals surface area contributed by atoms with E-state index in [1.54, 1.807) is 18.4 Å². The van der Waals surface area contributed by atoms with Gasteiger partial charge in [0.2, 0.25) is 0 Å². The molecule has 0 bridgehead atoms. The third-order valence-electron chi connectivity index (χ3n) is 3.67. The lowest BCUT2D eigenvalue weighted by atomic mass is 10.0. The van der Waals surface area contributed by atoms with Crippen LogP contribution in [0.1, 0.15) is 24.8 Å². The molecule has 110 valence electrons. The van der Waals surface area contributed by atoms with Crippen molar-refractivity contribution in [3.63, 3.8) is 0 Å². The SMILES string of the molecule is COc1ccc2c(c1)[nH]c(=S)n2C(c1cccs1)C(C)C. The Bertz CT molecular complexity index is 799. The standard InChI is InChI=1S/C16H18N2OS2/c1-10(2)15(14-5-4-8-21-14)18-13-7-6-11(19-3)9-12(13)17-16(18)20/h4-10,15H,1-3H3,(H,17,20). The van der Waals surface area contributed by atoms with Crippen LogP contribution in [-0.4, -0.2) is 16.7 Å². The molecular weight excluding hydrogens is 300 g/mol. The Morgan fingerprint density at radius 3 is 2.71 bits per heavy atom. The van der Waals surface area contributed by atoms with Gasteiger partial charge in [-0.25, -0.2) is 0 Å². The Morgan fingerprint density at radius 1 is 1.29 bits per heavy atom. The van der Waals surface area contributed by atoms with E-state index in [2.05, 4.69) is 47.0 Å². The molecule has 1 N–H and O–H groups in total. The summed E-state index contributed by atoms with van der Waals surface area (Å²) >= 11 is 7.35. The van der Waals surface area contributed by atoms with Crippen molar-refractivity contribution in [3.05, 3.63) is 45.4 Å². The minimum absolute atomic E-state index is 0.250. The molecule has 1 atom stereocenters. The van der Waals surface area contributed by atoms with Crippen molar-refractivity contribution < 1.29 is 4.74 Å². The third-order valence-corrected chi connectivity index (χ3v) is 4.91. The van der Waals surface area contributed by atoms with Crippen molar-refractivity contribution in [3.8, 4) is 5.75 Å². The van der Waals surface area contributed by atoms with Crippen LogP contribution in [0, 0.1) is 10.7 Å². The van der Waals surface area contributed by atoms with E-state index in [9.17, 15) is 0 Å². The van der Waals surface area contributed by atoms with Gasteiger partial charge < -0.3 is 14.3 Å². The number of nitrogens with zero attached hydrogens (tertiary/aromatic N) is 1. The number of ether oxygens (including phenoxy) is 1. The first-order valence-electron chi connectivity index (χ1n) is 6.93. The highest BCUT2D eigenvalue weighted by atomic mass is 32.1. The first-order valence-corrected chi connectivity index (χ1v) is 8.22. The lowest BCUT2D eigenvalue weighted by Crippen LogP contribution is -2.15. The maximum Gasteiger partial charge on any atom is 0.178 e. The molecule has 1 unspecified atom stereocenters. The molecule has 0 aliphatic rings. The summed E-state index contributed by atoms with van der Waals surface area (Å²) in [5.74, 6) is 1.29. The summed E-state index contributed by atoms with van der Waals surface area (Å²) in [5, 5.41) is 2.12. The van der Waals surface area contributed by atoms with Gasteiger partial charge in [0, 0.05) is 10.9 Å². The van der Waals surface area contributed by atoms with Gasteiger partial charge in [0.1, 0.15) is 5.75 Å². The molecule has 0 radical (unpaired) electrons. The minimum Gasteiger partial charge on any atom is -0.497 e. The first-order chi connectivity index (χ1) is 10.1. The average molecular weight is 318 g/mol. The van der Waals surface area contributed by atoms with E-state index in [-0.39, 0.29) is 6.04 Å². The highest BCUT2D eigenvalue weighted by molar-refractivity contribution is 7.71. The van der Waals surface area contributed by atoms with E-state index in [0.717, 1.165) is 21.6 Å². The lowest BCUT2D eigenvalue weighted by Gasteiger charge is -2.22. The number of methoxy groups -OCH3 is 1. The summed E-state index contributed by atoms with van der Waals surface area (Å²) < 4.78 is 8.27. The number of rotatable bonds is 4. The molecule has 3 aromatic rings. The zero-order chi connectivity index (χ0) is 15.0. The second-order valence-electron chi connectivity index (χ2n) is 5.39. The van der Waals surface area contributed by atoms with Gasteiger partial charge in [0.05, 0.1) is 24.2 Å². The molecule has 0 saturated heterocycles. The van der Waals surface area contributed by atoms with Crippen LogP contribution >= 0.6 is 23.6 Å². The van der Waals surface area contributed by atoms with Gasteiger partial charge in [-0.05, 0) is 41.7 Å². The summed E-state index contributed by atoms with van der Waals surface area (Å²) in [6.07, 6.45) is 0. The van der Waals surface area contributed by atoms with Crippen LogP contribution < -0.4 is 4.74 Å². The van der Waals surface area contributed by atoms with E-state index >= 15 is 0 Å². The van der Waals surface area contributed by atoms with Gasteiger partial charge in [-0.1, -0.05) is 19.9 Å². The Morgan fingerprint density at radius 2 is 2.10 bits per heavy atom. The fourth-order valence-corrected chi connectivity index (χ4v) is 4.04. The maximum atomic E-state index is 5.57. The van der Waals surface area contributed by atoms with Crippen molar-refractivity contribution in [1.29, 1.82) is 0 Å². The van der Waals surface area contributed by atoms with E-state index < -0.39 is 0 Å². The summed E-state index contributed by atoms with van der Waals surface area (Å²) in [4.78, 5) is 4.63. The molecule has 3 rings (SSSR count). The van der Waals surface area contributed by atoms with Gasteiger partial charge >= 0.3 is 0 Å². The minimum atomic E-state index is 0.250. The second kappa shape index (κ2) is 5.66. The van der Waals surface area contributed by atoms with E-state index in [4.69, 9.17) is 17.0 Å². The monoisotopic (exact) mass is 318 g/mol. The Hall–Kier alpha value is -1.59. The predicted molar refractivity (Wildman–Crippen MR) is 91.0 cm³/mol. The maximum absolute atomic E-state index is 5.57. The first kappa shape index (κ1) is 14.4. The number of aromatic nitrogens is 2. The Balaban J connectivity index is 2.23. The molecule has 1 aromatic carbocycles.